The molecule has 10 heteroatoms. The Morgan fingerprint density at radius 1 is 1.14 bits per heavy atom. The van der Waals surface area contributed by atoms with Crippen molar-refractivity contribution in [3.63, 3.8) is 0 Å². The summed E-state index contributed by atoms with van der Waals surface area (Å²) in [5.74, 6) is 0.559. The zero-order chi connectivity index (χ0) is 23.4. The van der Waals surface area contributed by atoms with E-state index in [0.29, 0.717) is 37.6 Å². The molecule has 0 unspecified atom stereocenters. The molecule has 35 heavy (non-hydrogen) atoms. The Morgan fingerprint density at radius 2 is 2.09 bits per heavy atom. The molecule has 1 saturated carbocycles. The number of carbonyl (C=O) groups excluding carboxylic acids is 1. The van der Waals surface area contributed by atoms with E-state index in [1.165, 1.54) is 0 Å². The molecule has 0 radical (unpaired) electrons. The van der Waals surface area contributed by atoms with Crippen molar-refractivity contribution >= 4 is 17.2 Å². The van der Waals surface area contributed by atoms with Gasteiger partial charge in [0.15, 0.2) is 5.65 Å². The van der Waals surface area contributed by atoms with E-state index in [0.717, 1.165) is 35.3 Å². The van der Waals surface area contributed by atoms with Gasteiger partial charge in [-0.2, -0.15) is 15.2 Å². The molecule has 2 fully saturated rings. The Bertz CT molecular complexity index is 1400. The Morgan fingerprint density at radius 3 is 2.94 bits per heavy atom. The maximum absolute atomic E-state index is 13.2. The van der Waals surface area contributed by atoms with Gasteiger partial charge in [-0.15, -0.1) is 0 Å². The minimum atomic E-state index is -0.390. The average Bonchev–Trinajstić information content (AvgIpc) is 3.25. The van der Waals surface area contributed by atoms with Gasteiger partial charge in [-0.3, -0.25) is 4.79 Å². The summed E-state index contributed by atoms with van der Waals surface area (Å²) in [4.78, 5) is 19.8. The molecule has 1 amide bonds. The van der Waals surface area contributed by atoms with Crippen molar-refractivity contribution in [2.75, 3.05) is 25.0 Å². The monoisotopic (exact) mass is 471 g/mol. The molecule has 178 valence electrons. The first-order valence-corrected chi connectivity index (χ1v) is 12.0. The van der Waals surface area contributed by atoms with Gasteiger partial charge < -0.3 is 19.7 Å². The van der Waals surface area contributed by atoms with Crippen LogP contribution in [0.2, 0.25) is 0 Å². The Hall–Kier alpha value is -3.92. The molecule has 3 aromatic heterocycles. The van der Waals surface area contributed by atoms with Gasteiger partial charge in [0.1, 0.15) is 12.7 Å². The van der Waals surface area contributed by atoms with Crippen LogP contribution in [-0.2, 0) is 9.53 Å². The highest BCUT2D eigenvalue weighted by Gasteiger charge is 2.43. The van der Waals surface area contributed by atoms with Gasteiger partial charge in [-0.05, 0) is 42.7 Å². The average molecular weight is 472 g/mol. The molecule has 1 aromatic carbocycles. The largest absolute Gasteiger partial charge is 0.475 e. The molecule has 10 nitrogen and oxygen atoms in total. The number of hydrogen-bond acceptors (Lipinski definition) is 7. The number of nitrogens with one attached hydrogen (secondary N) is 1. The molecule has 2 aliphatic heterocycles. The van der Waals surface area contributed by atoms with Crippen LogP contribution < -0.4 is 10.1 Å². The van der Waals surface area contributed by atoms with Crippen LogP contribution in [0.15, 0.2) is 55.1 Å². The van der Waals surface area contributed by atoms with Crippen LogP contribution in [-0.4, -0.2) is 73.1 Å². The number of amides is 1. The summed E-state index contributed by atoms with van der Waals surface area (Å²) in [7, 11) is 0. The van der Waals surface area contributed by atoms with E-state index in [1.54, 1.807) is 10.7 Å². The summed E-state index contributed by atoms with van der Waals surface area (Å²) in [6.45, 7) is 1.54. The van der Waals surface area contributed by atoms with Crippen molar-refractivity contribution in [1.82, 2.24) is 29.3 Å². The highest BCUT2D eigenvalue weighted by molar-refractivity contribution is 5.84. The van der Waals surface area contributed by atoms with Gasteiger partial charge in [-0.1, -0.05) is 0 Å². The van der Waals surface area contributed by atoms with Crippen LogP contribution in [0.4, 0.5) is 5.69 Å². The second kappa shape index (κ2) is 8.09. The number of anilines is 1. The minimum Gasteiger partial charge on any atom is -0.475 e. The molecule has 0 spiro atoms. The lowest BCUT2D eigenvalue weighted by atomic mass is 10.1. The fourth-order valence-corrected chi connectivity index (χ4v) is 4.90. The van der Waals surface area contributed by atoms with Gasteiger partial charge in [0.05, 0.1) is 24.0 Å². The van der Waals surface area contributed by atoms with Crippen LogP contribution in [0, 0.1) is 0 Å². The molecule has 4 bridgehead atoms. The predicted molar refractivity (Wildman–Crippen MR) is 128 cm³/mol. The van der Waals surface area contributed by atoms with Crippen molar-refractivity contribution in [2.24, 2.45) is 0 Å². The van der Waals surface area contributed by atoms with Crippen molar-refractivity contribution in [3.8, 4) is 22.7 Å². The van der Waals surface area contributed by atoms with Crippen LogP contribution >= 0.6 is 0 Å². The van der Waals surface area contributed by atoms with E-state index in [2.05, 4.69) is 33.7 Å². The lowest BCUT2D eigenvalue weighted by Gasteiger charge is -2.25. The summed E-state index contributed by atoms with van der Waals surface area (Å²) in [6, 6.07) is 9.83. The van der Waals surface area contributed by atoms with E-state index < -0.39 is 6.10 Å². The van der Waals surface area contributed by atoms with Gasteiger partial charge in [0.25, 0.3) is 5.91 Å². The first-order chi connectivity index (χ1) is 17.2. The normalized spacial score (nSPS) is 22.1. The summed E-state index contributed by atoms with van der Waals surface area (Å²) in [5.41, 5.74) is 4.43. The lowest BCUT2D eigenvalue weighted by Crippen LogP contribution is -2.41. The summed E-state index contributed by atoms with van der Waals surface area (Å²) >= 11 is 0. The highest BCUT2D eigenvalue weighted by atomic mass is 16.5. The van der Waals surface area contributed by atoms with Gasteiger partial charge >= 0.3 is 0 Å². The molecule has 1 aliphatic carbocycles. The number of nitrogens with zero attached hydrogens (tertiary/aromatic N) is 6. The second-order valence-corrected chi connectivity index (χ2v) is 9.29. The fourth-order valence-electron chi connectivity index (χ4n) is 4.90. The first-order valence-electron chi connectivity index (χ1n) is 12.0. The lowest BCUT2D eigenvalue weighted by molar-refractivity contribution is -0.138. The third-order valence-electron chi connectivity index (χ3n) is 6.81. The number of carbonyl (C=O) groups is 1. The number of aromatic nitrogens is 5. The Balaban J connectivity index is 1.29. The van der Waals surface area contributed by atoms with Gasteiger partial charge in [0.2, 0.25) is 5.88 Å². The van der Waals surface area contributed by atoms with Crippen molar-refractivity contribution in [1.29, 1.82) is 0 Å². The Labute approximate surface area is 201 Å². The molecule has 4 aromatic rings. The molecule has 7 rings (SSSR count). The third-order valence-corrected chi connectivity index (χ3v) is 6.81. The summed E-state index contributed by atoms with van der Waals surface area (Å²) < 4.78 is 15.7. The minimum absolute atomic E-state index is 0.0480. The number of fused-ring (bicyclic) bond motifs is 5. The van der Waals surface area contributed by atoms with E-state index in [4.69, 9.17) is 14.5 Å². The maximum Gasteiger partial charge on any atom is 0.252 e. The Kier molecular flexibility index (Phi) is 4.73. The highest BCUT2D eigenvalue weighted by Crippen LogP contribution is 2.32. The third kappa shape index (κ3) is 3.79. The number of benzene rings is 1. The quantitative estimate of drug-likeness (QED) is 0.490. The van der Waals surface area contributed by atoms with Gasteiger partial charge in [-0.25, -0.2) is 9.20 Å². The summed E-state index contributed by atoms with van der Waals surface area (Å²) in [5, 5.41) is 12.4. The van der Waals surface area contributed by atoms with E-state index in [1.807, 2.05) is 40.3 Å². The molecule has 3 aliphatic rings. The topological polar surface area (TPSA) is 98.8 Å². The molecular formula is C25H25N7O3. The van der Waals surface area contributed by atoms with Crippen LogP contribution in [0.5, 0.6) is 5.88 Å². The smallest absolute Gasteiger partial charge is 0.252 e. The standard InChI is InChI=1S/C25H25N7O3/c33-25-22(35-20-2-3-20)13-19-15-34-23-4-8-32-24(29-23)21(14-28-32)16-10-17(26-6-9-30(19)25)12-18(11-16)31-7-1-5-27-31/h1,4-5,7-8,10-12,14,19-20,22,26H,2-3,6,9,13,15H2/t19-,22+/m0/s1. The first kappa shape index (κ1) is 20.5. The van der Waals surface area contributed by atoms with Crippen molar-refractivity contribution in [3.05, 3.63) is 55.1 Å². The van der Waals surface area contributed by atoms with Crippen molar-refractivity contribution < 1.29 is 14.3 Å². The zero-order valence-corrected chi connectivity index (χ0v) is 19.1. The number of rotatable bonds is 3. The van der Waals surface area contributed by atoms with E-state index in [-0.39, 0.29) is 18.1 Å². The van der Waals surface area contributed by atoms with Crippen molar-refractivity contribution in [2.45, 2.75) is 37.5 Å². The number of hydrogen-bond donors (Lipinski definition) is 1. The number of ether oxygens (including phenoxy) is 2. The zero-order valence-electron chi connectivity index (χ0n) is 19.1. The SMILES string of the molecule is O=C1[C@H](OC2CC2)C[C@H]2COc3ccn4ncc(c4n3)-c3cc(cc(-n4cccn4)c3)NCCN12. The summed E-state index contributed by atoms with van der Waals surface area (Å²) in [6.07, 6.45) is 9.89. The molecule has 1 N–H and O–H groups in total. The predicted octanol–water partition coefficient (Wildman–Crippen LogP) is 2.53. The maximum atomic E-state index is 13.2. The van der Waals surface area contributed by atoms with E-state index >= 15 is 0 Å². The van der Waals surface area contributed by atoms with E-state index in [9.17, 15) is 4.79 Å². The van der Waals surface area contributed by atoms with Gasteiger partial charge in [0, 0.05) is 55.4 Å². The van der Waals surface area contributed by atoms with Crippen LogP contribution in [0.1, 0.15) is 19.3 Å². The second-order valence-electron chi connectivity index (χ2n) is 9.29. The molecule has 2 atom stereocenters. The molecule has 1 saturated heterocycles. The van der Waals surface area contributed by atoms with Crippen LogP contribution in [0.3, 0.4) is 0 Å². The molecule has 5 heterocycles. The van der Waals surface area contributed by atoms with Crippen LogP contribution in [0.25, 0.3) is 22.5 Å². The molecular weight excluding hydrogens is 446 g/mol. The fraction of sp³-hybridized carbons (Fsp3) is 0.360.